The van der Waals surface area contributed by atoms with Gasteiger partial charge in [-0.1, -0.05) is 0 Å². The molecule has 0 bridgehead atoms. The van der Waals surface area contributed by atoms with Gasteiger partial charge >= 0.3 is 0 Å². The normalized spacial score (nSPS) is 16.8. The van der Waals surface area contributed by atoms with E-state index in [0.717, 1.165) is 0 Å². The molecule has 1 saturated carbocycles. The third-order valence-corrected chi connectivity index (χ3v) is 4.13. The fourth-order valence-corrected chi connectivity index (χ4v) is 2.90. The Kier molecular flexibility index (Phi) is 3.75. The lowest BCUT2D eigenvalue weighted by molar-refractivity contribution is 0.323. The van der Waals surface area contributed by atoms with E-state index in [9.17, 15) is 21.0 Å². The molecule has 0 saturated heterocycles. The molecule has 114 valence electrons. The zero-order valence-corrected chi connectivity index (χ0v) is 12.7. The predicted molar refractivity (Wildman–Crippen MR) is 76.2 cm³/mol. The summed E-state index contributed by atoms with van der Waals surface area (Å²) in [6, 6.07) is 10.4. The summed E-state index contributed by atoms with van der Waals surface area (Å²) in [6.45, 7) is 0. The van der Waals surface area contributed by atoms with Crippen molar-refractivity contribution in [2.45, 2.75) is 5.92 Å². The summed E-state index contributed by atoms with van der Waals surface area (Å²) in [5.74, 6) is 0.110. The lowest BCUT2D eigenvalue weighted by Gasteiger charge is -2.14. The van der Waals surface area contributed by atoms with Crippen molar-refractivity contribution in [3.05, 3.63) is 17.7 Å². The molecule has 0 radical (unpaired) electrons. The Labute approximate surface area is 133 Å². The average molecular weight is 308 g/mol. The first-order valence-corrected chi connectivity index (χ1v) is 6.50. The molecule has 0 amide bonds. The molecule has 0 N–H and O–H groups in total. The largest absolute Gasteiger partial charge is 0.493 e. The van der Waals surface area contributed by atoms with Crippen molar-refractivity contribution in [3.8, 4) is 41.5 Å². The van der Waals surface area contributed by atoms with Crippen molar-refractivity contribution in [1.82, 2.24) is 0 Å². The van der Waals surface area contributed by atoms with Crippen LogP contribution in [0.2, 0.25) is 0 Å². The molecule has 23 heavy (non-hydrogen) atoms. The van der Waals surface area contributed by atoms with Crippen molar-refractivity contribution >= 4 is 0 Å². The number of rotatable bonds is 4. The molecule has 1 fully saturated rings. The zero-order valence-electron chi connectivity index (χ0n) is 12.7. The van der Waals surface area contributed by atoms with E-state index in [-0.39, 0.29) is 0 Å². The van der Waals surface area contributed by atoms with Crippen LogP contribution in [0.1, 0.15) is 11.5 Å². The number of hydrogen-bond acceptors (Lipinski definition) is 7. The second-order valence-electron chi connectivity index (χ2n) is 4.95. The minimum Gasteiger partial charge on any atom is -0.493 e. The number of benzene rings is 1. The highest BCUT2D eigenvalue weighted by Gasteiger charge is 2.82. The fraction of sp³-hybridized carbons (Fsp3) is 0.375. The Balaban J connectivity index is 2.70. The van der Waals surface area contributed by atoms with Crippen LogP contribution in [-0.2, 0) is 0 Å². The Morgan fingerprint density at radius 2 is 1.17 bits per heavy atom. The maximum absolute atomic E-state index is 9.38. The number of methoxy groups -OCH3 is 3. The van der Waals surface area contributed by atoms with E-state index in [4.69, 9.17) is 14.2 Å². The van der Waals surface area contributed by atoms with E-state index in [2.05, 4.69) is 0 Å². The fourth-order valence-electron chi connectivity index (χ4n) is 2.90. The highest BCUT2D eigenvalue weighted by molar-refractivity contribution is 5.63. The molecule has 1 aromatic rings. The van der Waals surface area contributed by atoms with Crippen LogP contribution in [0.25, 0.3) is 0 Å². The summed E-state index contributed by atoms with van der Waals surface area (Å²) in [5.41, 5.74) is -3.01. The van der Waals surface area contributed by atoms with Gasteiger partial charge in [-0.2, -0.15) is 21.0 Å². The van der Waals surface area contributed by atoms with Crippen LogP contribution in [0, 0.1) is 56.2 Å². The van der Waals surface area contributed by atoms with Crippen molar-refractivity contribution in [2.24, 2.45) is 10.8 Å². The van der Waals surface area contributed by atoms with Gasteiger partial charge < -0.3 is 14.2 Å². The molecule has 0 atom stereocenters. The summed E-state index contributed by atoms with van der Waals surface area (Å²) in [6.07, 6.45) is 0. The van der Waals surface area contributed by atoms with Crippen molar-refractivity contribution < 1.29 is 14.2 Å². The SMILES string of the molecule is COc1cc(C2C(C#N)(C#N)C2(C#N)C#N)cc(OC)c1OC. The van der Waals surface area contributed by atoms with Crippen molar-refractivity contribution in [1.29, 1.82) is 21.0 Å². The third-order valence-electron chi connectivity index (χ3n) is 4.13. The van der Waals surface area contributed by atoms with Crippen LogP contribution in [0.15, 0.2) is 12.1 Å². The van der Waals surface area contributed by atoms with E-state index >= 15 is 0 Å². The maximum Gasteiger partial charge on any atom is 0.203 e. The Morgan fingerprint density at radius 3 is 1.43 bits per heavy atom. The Bertz CT molecular complexity index is 729. The van der Waals surface area contributed by atoms with Gasteiger partial charge in [-0.25, -0.2) is 0 Å². The molecule has 0 aliphatic heterocycles. The topological polar surface area (TPSA) is 123 Å². The molecule has 1 aliphatic rings. The standard InChI is InChI=1S/C16H12N4O3/c1-21-11-4-10(5-12(22-2)13(11)23-3)14-15(6-17,7-18)16(14,8-19)9-20/h4-5,14H,1-3H3. The molecule has 0 heterocycles. The molecular formula is C16H12N4O3. The van der Waals surface area contributed by atoms with Gasteiger partial charge in [0.25, 0.3) is 0 Å². The van der Waals surface area contributed by atoms with Gasteiger partial charge in [0.05, 0.1) is 51.5 Å². The van der Waals surface area contributed by atoms with Gasteiger partial charge in [-0.3, -0.25) is 0 Å². The Morgan fingerprint density at radius 1 is 0.783 bits per heavy atom. The summed E-state index contributed by atoms with van der Waals surface area (Å²) < 4.78 is 15.7. The molecule has 0 spiro atoms. The molecule has 2 rings (SSSR count). The second-order valence-corrected chi connectivity index (χ2v) is 4.95. The smallest absolute Gasteiger partial charge is 0.203 e. The minimum atomic E-state index is -1.72. The summed E-state index contributed by atoms with van der Waals surface area (Å²) in [7, 11) is 4.30. The van der Waals surface area contributed by atoms with E-state index in [1.807, 2.05) is 24.3 Å². The van der Waals surface area contributed by atoms with E-state index in [1.54, 1.807) is 12.1 Å². The third kappa shape index (κ3) is 1.78. The number of nitrogens with zero attached hydrogens (tertiary/aromatic N) is 4. The number of ether oxygens (including phenoxy) is 3. The van der Waals surface area contributed by atoms with Gasteiger partial charge in [-0.15, -0.1) is 0 Å². The van der Waals surface area contributed by atoms with Gasteiger partial charge in [0.1, 0.15) is 0 Å². The van der Waals surface area contributed by atoms with E-state index < -0.39 is 16.7 Å². The van der Waals surface area contributed by atoms with Crippen LogP contribution in [0.5, 0.6) is 17.2 Å². The maximum atomic E-state index is 9.38. The second kappa shape index (κ2) is 5.41. The van der Waals surface area contributed by atoms with Crippen LogP contribution >= 0.6 is 0 Å². The van der Waals surface area contributed by atoms with Crippen LogP contribution in [0.3, 0.4) is 0 Å². The molecule has 0 aromatic heterocycles. The van der Waals surface area contributed by atoms with Crippen LogP contribution < -0.4 is 14.2 Å². The molecule has 0 unspecified atom stereocenters. The van der Waals surface area contributed by atoms with Gasteiger partial charge in [-0.05, 0) is 17.7 Å². The summed E-state index contributed by atoms with van der Waals surface area (Å²) in [5, 5.41) is 37.5. The quantitative estimate of drug-likeness (QED) is 0.831. The first-order chi connectivity index (χ1) is 11.0. The van der Waals surface area contributed by atoms with E-state index in [0.29, 0.717) is 22.8 Å². The van der Waals surface area contributed by atoms with Crippen LogP contribution in [-0.4, -0.2) is 21.3 Å². The van der Waals surface area contributed by atoms with Crippen molar-refractivity contribution in [2.75, 3.05) is 21.3 Å². The molecule has 7 nitrogen and oxygen atoms in total. The number of hydrogen-bond donors (Lipinski definition) is 0. The Hall–Kier alpha value is -3.42. The zero-order chi connectivity index (χ0) is 17.3. The average Bonchev–Trinajstić information content (AvgIpc) is 3.22. The molecule has 7 heteroatoms. The molecule has 1 aliphatic carbocycles. The van der Waals surface area contributed by atoms with Gasteiger partial charge in [0.2, 0.25) is 5.75 Å². The highest BCUT2D eigenvalue weighted by atomic mass is 16.5. The minimum absolute atomic E-state index is 0.323. The molecule has 1 aromatic carbocycles. The van der Waals surface area contributed by atoms with Gasteiger partial charge in [0, 0.05) is 0 Å². The lowest BCUT2D eigenvalue weighted by atomic mass is 9.98. The van der Waals surface area contributed by atoms with Gasteiger partial charge in [0.15, 0.2) is 22.3 Å². The summed E-state index contributed by atoms with van der Waals surface area (Å²) >= 11 is 0. The predicted octanol–water partition coefficient (Wildman–Crippen LogP) is 1.88. The first-order valence-electron chi connectivity index (χ1n) is 6.50. The molecular weight excluding hydrogens is 296 g/mol. The highest BCUT2D eigenvalue weighted by Crippen LogP contribution is 2.73. The lowest BCUT2D eigenvalue weighted by Crippen LogP contribution is -2.05. The summed E-state index contributed by atoms with van der Waals surface area (Å²) in [4.78, 5) is 0. The van der Waals surface area contributed by atoms with E-state index in [1.165, 1.54) is 21.3 Å². The van der Waals surface area contributed by atoms with Crippen LogP contribution in [0.4, 0.5) is 0 Å². The monoisotopic (exact) mass is 308 g/mol. The number of nitriles is 4. The first kappa shape index (κ1) is 16.0. The van der Waals surface area contributed by atoms with Crippen molar-refractivity contribution in [3.63, 3.8) is 0 Å².